The number of benzene rings is 2. The minimum atomic E-state index is -0.358. The number of rotatable bonds is 7. The van der Waals surface area contributed by atoms with Gasteiger partial charge in [0.05, 0.1) is 26.9 Å². The van der Waals surface area contributed by atoms with E-state index in [1.807, 2.05) is 6.07 Å². The van der Waals surface area contributed by atoms with Gasteiger partial charge < -0.3 is 24.3 Å². The molecule has 0 aromatic heterocycles. The third kappa shape index (κ3) is 4.12. The second-order valence-corrected chi connectivity index (χ2v) is 4.81. The zero-order valence-electron chi connectivity index (χ0n) is 14.2. The summed E-state index contributed by atoms with van der Waals surface area (Å²) in [5.74, 6) is 1.29. The number of carbonyl (C=O) groups excluding carboxylic acids is 1. The highest BCUT2D eigenvalue weighted by Gasteiger charge is 2.20. The first-order valence-corrected chi connectivity index (χ1v) is 7.34. The highest BCUT2D eigenvalue weighted by atomic mass is 16.5. The van der Waals surface area contributed by atoms with Crippen molar-refractivity contribution < 1.29 is 23.7 Å². The van der Waals surface area contributed by atoms with E-state index in [1.165, 1.54) is 21.3 Å². The molecule has 2 aromatic carbocycles. The Morgan fingerprint density at radius 2 is 1.68 bits per heavy atom. The Hall–Kier alpha value is -3.40. The number of methoxy groups -OCH3 is 3. The van der Waals surface area contributed by atoms with Crippen LogP contribution in [-0.4, -0.2) is 33.8 Å². The fourth-order valence-electron chi connectivity index (χ4n) is 2.23. The van der Waals surface area contributed by atoms with Crippen molar-refractivity contribution >= 4 is 11.6 Å². The van der Waals surface area contributed by atoms with E-state index in [0.717, 1.165) is 0 Å². The molecule has 0 saturated carbocycles. The van der Waals surface area contributed by atoms with Gasteiger partial charge in [-0.1, -0.05) is 0 Å². The summed E-state index contributed by atoms with van der Waals surface area (Å²) in [6, 6.07) is 11.8. The van der Waals surface area contributed by atoms with E-state index >= 15 is 0 Å². The van der Waals surface area contributed by atoms with Gasteiger partial charge in [0.2, 0.25) is 5.75 Å². The summed E-state index contributed by atoms with van der Waals surface area (Å²) in [7, 11) is 4.43. The molecule has 1 amide bonds. The summed E-state index contributed by atoms with van der Waals surface area (Å²) < 4.78 is 21.0. The van der Waals surface area contributed by atoms with Crippen molar-refractivity contribution in [3.05, 3.63) is 42.0 Å². The van der Waals surface area contributed by atoms with E-state index < -0.39 is 0 Å². The van der Waals surface area contributed by atoms with Gasteiger partial charge in [-0.3, -0.25) is 4.79 Å². The van der Waals surface area contributed by atoms with Gasteiger partial charge in [-0.05, 0) is 36.4 Å². The van der Waals surface area contributed by atoms with Gasteiger partial charge in [-0.15, -0.1) is 0 Å². The van der Waals surface area contributed by atoms with E-state index in [9.17, 15) is 4.79 Å². The smallest absolute Gasteiger partial charge is 0.259 e. The number of ether oxygens (including phenoxy) is 4. The molecule has 0 spiro atoms. The minimum Gasteiger partial charge on any atom is -0.493 e. The van der Waals surface area contributed by atoms with E-state index in [2.05, 4.69) is 5.32 Å². The van der Waals surface area contributed by atoms with Crippen LogP contribution in [-0.2, 0) is 0 Å². The molecule has 0 aliphatic rings. The quantitative estimate of drug-likeness (QED) is 0.832. The van der Waals surface area contributed by atoms with E-state index in [-0.39, 0.29) is 18.3 Å². The first-order valence-electron chi connectivity index (χ1n) is 7.34. The van der Waals surface area contributed by atoms with Gasteiger partial charge >= 0.3 is 0 Å². The zero-order valence-corrected chi connectivity index (χ0v) is 14.2. The molecule has 0 radical (unpaired) electrons. The molecular weight excluding hydrogens is 324 g/mol. The standard InChI is InChI=1S/C18H18N2O5/c1-22-15-9-8-14(16(23-2)17(15)24-3)18(21)20-12-4-6-13(7-5-12)25-11-10-19/h4-9H,11H2,1-3H3,(H,20,21). The second-order valence-electron chi connectivity index (χ2n) is 4.81. The normalized spacial score (nSPS) is 9.68. The van der Waals surface area contributed by atoms with Crippen LogP contribution in [0.2, 0.25) is 0 Å². The highest BCUT2D eigenvalue weighted by Crippen LogP contribution is 2.39. The number of amides is 1. The van der Waals surface area contributed by atoms with Crippen molar-refractivity contribution in [2.24, 2.45) is 0 Å². The van der Waals surface area contributed by atoms with Crippen LogP contribution in [0.1, 0.15) is 10.4 Å². The summed E-state index contributed by atoms with van der Waals surface area (Å²) in [6.45, 7) is -0.0332. The van der Waals surface area contributed by atoms with Crippen LogP contribution in [0.25, 0.3) is 0 Å². The van der Waals surface area contributed by atoms with Crippen molar-refractivity contribution in [2.75, 3.05) is 33.3 Å². The number of nitrogens with one attached hydrogen (secondary N) is 1. The molecule has 0 bridgehead atoms. The first kappa shape index (κ1) is 17.9. The fourth-order valence-corrected chi connectivity index (χ4v) is 2.23. The van der Waals surface area contributed by atoms with Crippen molar-refractivity contribution in [3.8, 4) is 29.1 Å². The molecule has 25 heavy (non-hydrogen) atoms. The maximum atomic E-state index is 12.6. The molecule has 130 valence electrons. The molecule has 0 saturated heterocycles. The van der Waals surface area contributed by atoms with Gasteiger partial charge in [0, 0.05) is 5.69 Å². The van der Waals surface area contributed by atoms with Crippen LogP contribution in [0.5, 0.6) is 23.0 Å². The average Bonchev–Trinajstić information content (AvgIpc) is 2.65. The highest BCUT2D eigenvalue weighted by molar-refractivity contribution is 6.07. The molecule has 0 aliphatic carbocycles. The average molecular weight is 342 g/mol. The van der Waals surface area contributed by atoms with Gasteiger partial charge in [-0.2, -0.15) is 5.26 Å². The lowest BCUT2D eigenvalue weighted by molar-refractivity contribution is 0.102. The van der Waals surface area contributed by atoms with Crippen molar-refractivity contribution in [2.45, 2.75) is 0 Å². The number of hydrogen-bond acceptors (Lipinski definition) is 6. The number of anilines is 1. The second kappa shape index (κ2) is 8.45. The summed E-state index contributed by atoms with van der Waals surface area (Å²) >= 11 is 0. The topological polar surface area (TPSA) is 89.8 Å². The van der Waals surface area contributed by atoms with Crippen LogP contribution in [0.4, 0.5) is 5.69 Å². The van der Waals surface area contributed by atoms with Gasteiger partial charge in [0.15, 0.2) is 18.1 Å². The molecule has 0 heterocycles. The van der Waals surface area contributed by atoms with Crippen molar-refractivity contribution in [1.82, 2.24) is 0 Å². The van der Waals surface area contributed by atoms with E-state index in [4.69, 9.17) is 24.2 Å². The Morgan fingerprint density at radius 1 is 1.00 bits per heavy atom. The summed E-state index contributed by atoms with van der Waals surface area (Å²) in [6.07, 6.45) is 0. The number of nitrogens with zero attached hydrogens (tertiary/aromatic N) is 1. The Balaban J connectivity index is 2.22. The van der Waals surface area contributed by atoms with Crippen LogP contribution >= 0.6 is 0 Å². The summed E-state index contributed by atoms with van der Waals surface area (Å²) in [5.41, 5.74) is 0.885. The maximum Gasteiger partial charge on any atom is 0.259 e. The lowest BCUT2D eigenvalue weighted by Gasteiger charge is -2.15. The third-order valence-electron chi connectivity index (χ3n) is 3.36. The summed E-state index contributed by atoms with van der Waals surface area (Å²) in [4.78, 5) is 12.6. The van der Waals surface area contributed by atoms with Crippen LogP contribution in [0.15, 0.2) is 36.4 Å². The zero-order chi connectivity index (χ0) is 18.2. The monoisotopic (exact) mass is 342 g/mol. The molecular formula is C18H18N2O5. The number of nitriles is 1. The SMILES string of the molecule is COc1ccc(C(=O)Nc2ccc(OCC#N)cc2)c(OC)c1OC. The van der Waals surface area contributed by atoms with Crippen LogP contribution in [0, 0.1) is 11.3 Å². The minimum absolute atomic E-state index is 0.0332. The molecule has 0 atom stereocenters. The Bertz CT molecular complexity index is 781. The third-order valence-corrected chi connectivity index (χ3v) is 3.36. The van der Waals surface area contributed by atoms with E-state index in [0.29, 0.717) is 28.5 Å². The summed E-state index contributed by atoms with van der Waals surface area (Å²) in [5, 5.41) is 11.3. The van der Waals surface area contributed by atoms with E-state index in [1.54, 1.807) is 36.4 Å². The Morgan fingerprint density at radius 3 is 2.24 bits per heavy atom. The molecule has 0 unspecified atom stereocenters. The number of hydrogen-bond donors (Lipinski definition) is 1. The Kier molecular flexibility index (Phi) is 6.07. The lowest BCUT2D eigenvalue weighted by atomic mass is 10.1. The van der Waals surface area contributed by atoms with Gasteiger partial charge in [-0.25, -0.2) is 0 Å². The molecule has 7 heteroatoms. The largest absolute Gasteiger partial charge is 0.493 e. The first-order chi connectivity index (χ1) is 12.1. The predicted octanol–water partition coefficient (Wildman–Crippen LogP) is 2.87. The lowest BCUT2D eigenvalue weighted by Crippen LogP contribution is -2.14. The Labute approximate surface area is 145 Å². The number of carbonyl (C=O) groups is 1. The van der Waals surface area contributed by atoms with Crippen LogP contribution in [0.3, 0.4) is 0 Å². The molecule has 1 N–H and O–H groups in total. The maximum absolute atomic E-state index is 12.6. The molecule has 0 aliphatic heterocycles. The van der Waals surface area contributed by atoms with Crippen molar-refractivity contribution in [1.29, 1.82) is 5.26 Å². The molecule has 2 aromatic rings. The predicted molar refractivity (Wildman–Crippen MR) is 91.6 cm³/mol. The molecule has 2 rings (SSSR count). The molecule has 0 fully saturated rings. The van der Waals surface area contributed by atoms with Gasteiger partial charge in [0.25, 0.3) is 5.91 Å². The molecule has 7 nitrogen and oxygen atoms in total. The van der Waals surface area contributed by atoms with Crippen LogP contribution < -0.4 is 24.3 Å². The fraction of sp³-hybridized carbons (Fsp3) is 0.222. The van der Waals surface area contributed by atoms with Gasteiger partial charge in [0.1, 0.15) is 11.8 Å². The van der Waals surface area contributed by atoms with Crippen molar-refractivity contribution in [3.63, 3.8) is 0 Å².